The van der Waals surface area contributed by atoms with Gasteiger partial charge in [0, 0.05) is 6.07 Å². The second-order valence-corrected chi connectivity index (χ2v) is 4.18. The minimum atomic E-state index is -0.270. The van der Waals surface area contributed by atoms with E-state index in [1.807, 2.05) is 13.8 Å². The SMILES string of the molecule is CC.Fc1cc(OCC2CC2)ccc1Br. The Labute approximate surface area is 98.8 Å². The van der Waals surface area contributed by atoms with Crippen molar-refractivity contribution in [2.75, 3.05) is 6.61 Å². The molecule has 1 nitrogen and oxygen atoms in total. The molecule has 0 aliphatic heterocycles. The minimum Gasteiger partial charge on any atom is -0.493 e. The zero-order chi connectivity index (χ0) is 11.3. The van der Waals surface area contributed by atoms with E-state index in [-0.39, 0.29) is 5.82 Å². The van der Waals surface area contributed by atoms with Gasteiger partial charge < -0.3 is 4.74 Å². The molecule has 3 heteroatoms. The first-order valence-corrected chi connectivity index (χ1v) is 6.13. The summed E-state index contributed by atoms with van der Waals surface area (Å²) in [7, 11) is 0. The molecule has 0 aromatic heterocycles. The highest BCUT2D eigenvalue weighted by molar-refractivity contribution is 9.10. The van der Waals surface area contributed by atoms with Crippen molar-refractivity contribution in [3.8, 4) is 5.75 Å². The number of rotatable bonds is 3. The first-order chi connectivity index (χ1) is 7.25. The lowest BCUT2D eigenvalue weighted by Gasteiger charge is -2.05. The van der Waals surface area contributed by atoms with Crippen molar-refractivity contribution in [3.05, 3.63) is 28.5 Å². The maximum atomic E-state index is 13.0. The Morgan fingerprint density at radius 3 is 2.60 bits per heavy atom. The molecule has 0 heterocycles. The third kappa shape index (κ3) is 4.20. The van der Waals surface area contributed by atoms with Crippen molar-refractivity contribution in [2.45, 2.75) is 26.7 Å². The highest BCUT2D eigenvalue weighted by Crippen LogP contribution is 2.30. The number of ether oxygens (including phenoxy) is 1. The first kappa shape index (κ1) is 12.5. The van der Waals surface area contributed by atoms with Crippen molar-refractivity contribution in [2.24, 2.45) is 5.92 Å². The van der Waals surface area contributed by atoms with E-state index in [2.05, 4.69) is 15.9 Å². The van der Waals surface area contributed by atoms with Crippen LogP contribution in [0.15, 0.2) is 22.7 Å². The minimum absolute atomic E-state index is 0.270. The number of benzene rings is 1. The molecule has 2 rings (SSSR count). The van der Waals surface area contributed by atoms with Crippen LogP contribution in [0, 0.1) is 11.7 Å². The van der Waals surface area contributed by atoms with Gasteiger partial charge >= 0.3 is 0 Å². The van der Waals surface area contributed by atoms with Gasteiger partial charge in [-0.05, 0) is 46.8 Å². The van der Waals surface area contributed by atoms with Crippen LogP contribution in [0.1, 0.15) is 26.7 Å². The number of halogens is 2. The summed E-state index contributed by atoms with van der Waals surface area (Å²) in [6.07, 6.45) is 2.50. The fraction of sp³-hybridized carbons (Fsp3) is 0.500. The molecule has 1 aliphatic carbocycles. The van der Waals surface area contributed by atoms with Gasteiger partial charge in [0.2, 0.25) is 0 Å². The Kier molecular flexibility index (Phi) is 5.09. The van der Waals surface area contributed by atoms with Gasteiger partial charge in [-0.1, -0.05) is 13.8 Å². The lowest BCUT2D eigenvalue weighted by Crippen LogP contribution is -1.98. The molecule has 0 atom stereocenters. The summed E-state index contributed by atoms with van der Waals surface area (Å²) in [6.45, 7) is 4.72. The van der Waals surface area contributed by atoms with Crippen LogP contribution in [0.4, 0.5) is 4.39 Å². The summed E-state index contributed by atoms with van der Waals surface area (Å²) >= 11 is 3.09. The van der Waals surface area contributed by atoms with E-state index < -0.39 is 0 Å². The normalized spacial score (nSPS) is 14.1. The average Bonchev–Trinajstić information content (AvgIpc) is 3.07. The predicted octanol–water partition coefficient (Wildman–Crippen LogP) is 4.40. The molecule has 1 aromatic carbocycles. The Hall–Kier alpha value is -0.570. The highest BCUT2D eigenvalue weighted by atomic mass is 79.9. The van der Waals surface area contributed by atoms with E-state index in [1.165, 1.54) is 18.9 Å². The van der Waals surface area contributed by atoms with Gasteiger partial charge in [-0.2, -0.15) is 0 Å². The Balaban J connectivity index is 0.000000531. The summed E-state index contributed by atoms with van der Waals surface area (Å²) < 4.78 is 18.9. The van der Waals surface area contributed by atoms with Crippen LogP contribution in [0.5, 0.6) is 5.75 Å². The maximum Gasteiger partial charge on any atom is 0.141 e. The van der Waals surface area contributed by atoms with Gasteiger partial charge in [-0.25, -0.2) is 4.39 Å². The second kappa shape index (κ2) is 6.11. The molecule has 0 radical (unpaired) electrons. The molecule has 15 heavy (non-hydrogen) atoms. The lowest BCUT2D eigenvalue weighted by molar-refractivity contribution is 0.298. The maximum absolute atomic E-state index is 13.0. The Bertz CT molecular complexity index is 310. The van der Waals surface area contributed by atoms with Gasteiger partial charge in [0.05, 0.1) is 11.1 Å². The van der Waals surface area contributed by atoms with Gasteiger partial charge in [0.1, 0.15) is 11.6 Å². The van der Waals surface area contributed by atoms with Crippen LogP contribution in [0.3, 0.4) is 0 Å². The zero-order valence-electron chi connectivity index (χ0n) is 9.09. The smallest absolute Gasteiger partial charge is 0.141 e. The molecular formula is C12H16BrFO. The molecular weight excluding hydrogens is 259 g/mol. The molecule has 1 saturated carbocycles. The Morgan fingerprint density at radius 1 is 1.40 bits per heavy atom. The molecule has 1 aliphatic rings. The molecule has 0 bridgehead atoms. The fourth-order valence-corrected chi connectivity index (χ4v) is 1.31. The third-order valence-corrected chi connectivity index (χ3v) is 2.72. The van der Waals surface area contributed by atoms with Crippen molar-refractivity contribution < 1.29 is 9.13 Å². The topological polar surface area (TPSA) is 9.23 Å². The summed E-state index contributed by atoms with van der Waals surface area (Å²) in [5.41, 5.74) is 0. The number of hydrogen-bond acceptors (Lipinski definition) is 1. The van der Waals surface area contributed by atoms with E-state index in [0.29, 0.717) is 16.1 Å². The van der Waals surface area contributed by atoms with Crippen LogP contribution < -0.4 is 4.74 Å². The lowest BCUT2D eigenvalue weighted by atomic mass is 10.3. The molecule has 0 spiro atoms. The molecule has 0 unspecified atom stereocenters. The second-order valence-electron chi connectivity index (χ2n) is 3.33. The van der Waals surface area contributed by atoms with Crippen molar-refractivity contribution >= 4 is 15.9 Å². The largest absolute Gasteiger partial charge is 0.493 e. The zero-order valence-corrected chi connectivity index (χ0v) is 10.7. The van der Waals surface area contributed by atoms with Crippen molar-refractivity contribution in [3.63, 3.8) is 0 Å². The van der Waals surface area contributed by atoms with Gasteiger partial charge in [-0.15, -0.1) is 0 Å². The van der Waals surface area contributed by atoms with E-state index in [1.54, 1.807) is 12.1 Å². The van der Waals surface area contributed by atoms with Crippen LogP contribution in [0.2, 0.25) is 0 Å². The van der Waals surface area contributed by atoms with Gasteiger partial charge in [-0.3, -0.25) is 0 Å². The van der Waals surface area contributed by atoms with Crippen LogP contribution in [-0.4, -0.2) is 6.61 Å². The van der Waals surface area contributed by atoms with E-state index in [4.69, 9.17) is 4.74 Å². The molecule has 0 saturated heterocycles. The van der Waals surface area contributed by atoms with E-state index >= 15 is 0 Å². The molecule has 0 N–H and O–H groups in total. The quantitative estimate of drug-likeness (QED) is 0.794. The Morgan fingerprint density at radius 2 is 2.07 bits per heavy atom. The first-order valence-electron chi connectivity index (χ1n) is 5.33. The molecule has 0 amide bonds. The van der Waals surface area contributed by atoms with Crippen LogP contribution in [-0.2, 0) is 0 Å². The van der Waals surface area contributed by atoms with E-state index in [9.17, 15) is 4.39 Å². The average molecular weight is 275 g/mol. The van der Waals surface area contributed by atoms with Crippen molar-refractivity contribution in [1.29, 1.82) is 0 Å². The summed E-state index contributed by atoms with van der Waals surface area (Å²) in [5, 5.41) is 0. The van der Waals surface area contributed by atoms with Crippen molar-refractivity contribution in [1.82, 2.24) is 0 Å². The molecule has 1 aromatic rings. The third-order valence-electron chi connectivity index (χ3n) is 2.07. The monoisotopic (exact) mass is 274 g/mol. The van der Waals surface area contributed by atoms with Crippen LogP contribution in [0.25, 0.3) is 0 Å². The van der Waals surface area contributed by atoms with Crippen LogP contribution >= 0.6 is 15.9 Å². The highest BCUT2D eigenvalue weighted by Gasteiger charge is 2.21. The molecule has 84 valence electrons. The summed E-state index contributed by atoms with van der Waals surface area (Å²) in [5.74, 6) is 1.05. The fourth-order valence-electron chi connectivity index (χ4n) is 1.07. The van der Waals surface area contributed by atoms with Gasteiger partial charge in [0.25, 0.3) is 0 Å². The summed E-state index contributed by atoms with van der Waals surface area (Å²) in [4.78, 5) is 0. The molecule has 1 fully saturated rings. The number of hydrogen-bond donors (Lipinski definition) is 0. The van der Waals surface area contributed by atoms with Gasteiger partial charge in [0.15, 0.2) is 0 Å². The predicted molar refractivity (Wildman–Crippen MR) is 63.7 cm³/mol. The summed E-state index contributed by atoms with van der Waals surface area (Å²) in [6, 6.07) is 4.85. The standard InChI is InChI=1S/C10H10BrFO.C2H6/c11-9-4-3-8(5-10(9)12)13-6-7-1-2-7;1-2/h3-5,7H,1-2,6H2;1-2H3. The van der Waals surface area contributed by atoms with E-state index in [0.717, 1.165) is 6.61 Å².